The van der Waals surface area contributed by atoms with Crippen LogP contribution in [0.3, 0.4) is 0 Å². The Kier molecular flexibility index (Phi) is 6.14. The molecule has 0 bridgehead atoms. The molecule has 0 aliphatic carbocycles. The van der Waals surface area contributed by atoms with Crippen molar-refractivity contribution in [3.63, 3.8) is 0 Å². The number of aromatic nitrogens is 3. The molecule has 8 heteroatoms. The first kappa shape index (κ1) is 21.0. The Balaban J connectivity index is 2.01. The molecular weight excluding hydrogens is 380 g/mol. The zero-order chi connectivity index (χ0) is 21.8. The van der Waals surface area contributed by atoms with Crippen LogP contribution < -0.4 is 10.6 Å². The van der Waals surface area contributed by atoms with Crippen molar-refractivity contribution < 1.29 is 9.90 Å². The number of benzene rings is 1. The van der Waals surface area contributed by atoms with Gasteiger partial charge in [-0.25, -0.2) is 15.0 Å². The number of aliphatic hydroxyl groups excluding tert-OH is 1. The first-order chi connectivity index (χ1) is 14.3. The van der Waals surface area contributed by atoms with Crippen LogP contribution in [0.25, 0.3) is 22.3 Å². The summed E-state index contributed by atoms with van der Waals surface area (Å²) in [5.74, 6) is 6.55. The van der Waals surface area contributed by atoms with Gasteiger partial charge >= 0.3 is 0 Å². The number of amides is 1. The summed E-state index contributed by atoms with van der Waals surface area (Å²) in [6.07, 6.45) is 0.258. The number of nitrogens with zero attached hydrogens (tertiary/aromatic N) is 5. The second kappa shape index (κ2) is 8.76. The summed E-state index contributed by atoms with van der Waals surface area (Å²) >= 11 is 0. The van der Waals surface area contributed by atoms with E-state index < -0.39 is 12.0 Å². The van der Waals surface area contributed by atoms with Gasteiger partial charge in [0.25, 0.3) is 5.91 Å². The second-order valence-electron chi connectivity index (χ2n) is 6.96. The first-order valence-electron chi connectivity index (χ1n) is 9.46. The molecule has 8 nitrogen and oxygen atoms in total. The molecule has 0 aliphatic heterocycles. The van der Waals surface area contributed by atoms with E-state index in [9.17, 15) is 9.90 Å². The fourth-order valence-electron chi connectivity index (χ4n) is 2.84. The van der Waals surface area contributed by atoms with E-state index in [4.69, 9.17) is 5.73 Å². The van der Waals surface area contributed by atoms with Gasteiger partial charge in [-0.1, -0.05) is 24.0 Å². The van der Waals surface area contributed by atoms with Crippen molar-refractivity contribution in [1.82, 2.24) is 19.9 Å². The highest BCUT2D eigenvalue weighted by Crippen LogP contribution is 2.28. The minimum Gasteiger partial charge on any atom is -0.382 e. The minimum absolute atomic E-state index is 0.330. The average molecular weight is 404 g/mol. The number of hydrogen-bond acceptors (Lipinski definition) is 7. The predicted octanol–water partition coefficient (Wildman–Crippen LogP) is 1.53. The summed E-state index contributed by atoms with van der Waals surface area (Å²) in [5, 5.41) is 10.8. The molecule has 0 spiro atoms. The van der Waals surface area contributed by atoms with Crippen molar-refractivity contribution in [2.75, 3.05) is 38.3 Å². The Hall–Kier alpha value is -3.70. The highest BCUT2D eigenvalue weighted by Gasteiger charge is 2.16. The van der Waals surface area contributed by atoms with Gasteiger partial charge in [0.05, 0.1) is 0 Å². The summed E-state index contributed by atoms with van der Waals surface area (Å²) in [6, 6.07) is 9.12. The van der Waals surface area contributed by atoms with Crippen LogP contribution in [0.15, 0.2) is 36.5 Å². The number of carbonyl (C=O) groups is 1. The maximum atomic E-state index is 12.0. The number of fused-ring (bicyclic) bond motifs is 1. The van der Waals surface area contributed by atoms with Crippen LogP contribution in [-0.4, -0.2) is 64.7 Å². The molecule has 3 rings (SSSR count). The van der Waals surface area contributed by atoms with Crippen molar-refractivity contribution in [2.45, 2.75) is 13.0 Å². The minimum atomic E-state index is -1.37. The number of nitrogen functional groups attached to an aromatic ring is 1. The van der Waals surface area contributed by atoms with Crippen LogP contribution in [0.1, 0.15) is 12.5 Å². The van der Waals surface area contributed by atoms with Crippen molar-refractivity contribution >= 4 is 28.4 Å². The van der Waals surface area contributed by atoms with E-state index in [2.05, 4.69) is 26.8 Å². The number of pyridine rings is 1. The van der Waals surface area contributed by atoms with E-state index in [1.54, 1.807) is 25.4 Å². The predicted molar refractivity (Wildman–Crippen MR) is 118 cm³/mol. The molecule has 30 heavy (non-hydrogen) atoms. The molecule has 3 N–H and O–H groups in total. The molecule has 0 saturated heterocycles. The van der Waals surface area contributed by atoms with E-state index >= 15 is 0 Å². The average Bonchev–Trinajstić information content (AvgIpc) is 2.76. The molecule has 0 aliphatic rings. The van der Waals surface area contributed by atoms with Crippen LogP contribution in [0.5, 0.6) is 0 Å². The number of aliphatic hydroxyl groups is 1. The number of nitrogens with two attached hydrogens (primary N) is 1. The highest BCUT2D eigenvalue weighted by atomic mass is 16.3. The maximum Gasteiger partial charge on any atom is 0.263 e. The standard InChI is InChI=1S/C22H24N6O2/c1-5-28(4)22(30)17(29)10-9-14-7-6-8-15(13-14)20-25-18-16(11-12-24-19(18)23)21(26-20)27(2)3/h6-8,11-13,17,29H,5H2,1-4H3,(H2,23,24)/t17-/m1/s1. The van der Waals surface area contributed by atoms with Crippen molar-refractivity contribution in [3.8, 4) is 23.2 Å². The van der Waals surface area contributed by atoms with Gasteiger partial charge < -0.3 is 20.6 Å². The molecule has 2 aromatic heterocycles. The van der Waals surface area contributed by atoms with Gasteiger partial charge in [0.2, 0.25) is 0 Å². The lowest BCUT2D eigenvalue weighted by molar-refractivity contribution is -0.135. The van der Waals surface area contributed by atoms with Gasteiger partial charge in [-0.15, -0.1) is 0 Å². The molecule has 154 valence electrons. The van der Waals surface area contributed by atoms with Gasteiger partial charge in [-0.2, -0.15) is 0 Å². The first-order valence-corrected chi connectivity index (χ1v) is 9.46. The Bertz CT molecular complexity index is 1150. The molecule has 1 amide bonds. The summed E-state index contributed by atoms with van der Waals surface area (Å²) in [6.45, 7) is 2.33. The van der Waals surface area contributed by atoms with E-state index in [-0.39, 0.29) is 0 Å². The van der Waals surface area contributed by atoms with Crippen LogP contribution >= 0.6 is 0 Å². The third kappa shape index (κ3) is 4.31. The van der Waals surface area contributed by atoms with Crippen LogP contribution in [0.4, 0.5) is 11.6 Å². The van der Waals surface area contributed by atoms with Crippen molar-refractivity contribution in [3.05, 3.63) is 42.1 Å². The van der Waals surface area contributed by atoms with Crippen molar-refractivity contribution in [1.29, 1.82) is 0 Å². The monoisotopic (exact) mass is 404 g/mol. The Morgan fingerprint density at radius 3 is 2.70 bits per heavy atom. The van der Waals surface area contributed by atoms with Crippen LogP contribution in [-0.2, 0) is 4.79 Å². The van der Waals surface area contributed by atoms with Gasteiger partial charge in [0.15, 0.2) is 11.9 Å². The van der Waals surface area contributed by atoms with E-state index in [0.29, 0.717) is 29.3 Å². The second-order valence-corrected chi connectivity index (χ2v) is 6.96. The van der Waals surface area contributed by atoms with Crippen LogP contribution in [0.2, 0.25) is 0 Å². The Morgan fingerprint density at radius 1 is 1.23 bits per heavy atom. The lowest BCUT2D eigenvalue weighted by Gasteiger charge is -2.16. The molecular formula is C22H24N6O2. The smallest absolute Gasteiger partial charge is 0.263 e. The summed E-state index contributed by atoms with van der Waals surface area (Å²) < 4.78 is 0. The normalized spacial score (nSPS) is 11.5. The SMILES string of the molecule is CCN(C)C(=O)[C@H](O)C#Cc1cccc(-c2nc(N(C)C)c3ccnc(N)c3n2)c1. The summed E-state index contributed by atoms with van der Waals surface area (Å²) in [7, 11) is 5.42. The molecule has 3 aromatic rings. The zero-order valence-corrected chi connectivity index (χ0v) is 17.4. The summed E-state index contributed by atoms with van der Waals surface area (Å²) in [4.78, 5) is 28.7. The molecule has 0 unspecified atom stereocenters. The zero-order valence-electron chi connectivity index (χ0n) is 17.4. The topological polar surface area (TPSA) is 108 Å². The van der Waals surface area contributed by atoms with Gasteiger partial charge in [-0.05, 0) is 25.1 Å². The number of carbonyl (C=O) groups excluding carboxylic acids is 1. The number of rotatable bonds is 4. The lowest BCUT2D eigenvalue weighted by Crippen LogP contribution is -2.35. The van der Waals surface area contributed by atoms with Gasteiger partial charge in [-0.3, -0.25) is 4.79 Å². The van der Waals surface area contributed by atoms with Gasteiger partial charge in [0.1, 0.15) is 17.2 Å². The maximum absolute atomic E-state index is 12.0. The molecule has 0 radical (unpaired) electrons. The molecule has 1 atom stereocenters. The molecule has 0 fully saturated rings. The Labute approximate surface area is 175 Å². The van der Waals surface area contributed by atoms with E-state index in [1.807, 2.05) is 44.1 Å². The van der Waals surface area contributed by atoms with E-state index in [1.165, 1.54) is 4.90 Å². The van der Waals surface area contributed by atoms with Crippen molar-refractivity contribution in [2.24, 2.45) is 0 Å². The molecule has 0 saturated carbocycles. The largest absolute Gasteiger partial charge is 0.382 e. The quantitative estimate of drug-likeness (QED) is 0.635. The molecule has 1 aromatic carbocycles. The molecule has 2 heterocycles. The number of anilines is 2. The number of likely N-dealkylation sites (N-methyl/N-ethyl adjacent to an activating group) is 1. The number of hydrogen-bond donors (Lipinski definition) is 2. The fraction of sp³-hybridized carbons (Fsp3) is 0.273. The summed E-state index contributed by atoms with van der Waals surface area (Å²) in [5.41, 5.74) is 7.99. The Morgan fingerprint density at radius 2 is 2.00 bits per heavy atom. The highest BCUT2D eigenvalue weighted by molar-refractivity contribution is 5.96. The third-order valence-corrected chi connectivity index (χ3v) is 4.61. The fourth-order valence-corrected chi connectivity index (χ4v) is 2.84. The third-order valence-electron chi connectivity index (χ3n) is 4.61. The van der Waals surface area contributed by atoms with Gasteiger partial charge in [0, 0.05) is 50.4 Å². The van der Waals surface area contributed by atoms with E-state index in [0.717, 1.165) is 16.8 Å². The van der Waals surface area contributed by atoms with Crippen LogP contribution in [0, 0.1) is 11.8 Å². The lowest BCUT2D eigenvalue weighted by atomic mass is 10.1.